The Labute approximate surface area is 270 Å². The second kappa shape index (κ2) is 18.7. The number of thioether (sulfide) groups is 2. The summed E-state index contributed by atoms with van der Waals surface area (Å²) in [6, 6.07) is 21.3. The third-order valence-corrected chi connectivity index (χ3v) is 20.0. The SMILES string of the molecule is C=CC[C@@H](CO[Si](C)(C)C(C)(C)C)SCc1ccccc1.C=CC[C@H](CO[Si](C)(C)C(C)(C)C)SCc1ccccc1. The summed E-state index contributed by atoms with van der Waals surface area (Å²) in [6.45, 7) is 32.5. The Morgan fingerprint density at radius 1 is 0.619 bits per heavy atom. The standard InChI is InChI=1S/2C18H30OSSi/c2*1-7-11-17(14-19-21(5,6)18(2,3)4)20-15-16-12-9-8-10-13-16/h2*7-10,12-13,17H,1,11,14-15H2,2-6H3/t2*17-/m10/s1. The van der Waals surface area contributed by atoms with E-state index in [4.69, 9.17) is 8.85 Å². The Balaban J connectivity index is 0.000000420. The quantitative estimate of drug-likeness (QED) is 0.134. The summed E-state index contributed by atoms with van der Waals surface area (Å²) in [6.07, 6.45) is 6.04. The lowest BCUT2D eigenvalue weighted by atomic mass is 10.2. The molecule has 2 atom stereocenters. The molecule has 236 valence electrons. The molecule has 2 rings (SSSR count). The average Bonchev–Trinajstić information content (AvgIpc) is 2.92. The minimum Gasteiger partial charge on any atom is -0.416 e. The Hall–Kier alpha value is -1.03. The van der Waals surface area contributed by atoms with E-state index < -0.39 is 16.6 Å². The molecular formula is C36H60O2S2Si2. The number of rotatable bonds is 16. The van der Waals surface area contributed by atoms with Gasteiger partial charge in [0.1, 0.15) is 0 Å². The molecule has 0 heterocycles. The van der Waals surface area contributed by atoms with Crippen LogP contribution in [0.15, 0.2) is 86.0 Å². The molecule has 0 radical (unpaired) electrons. The van der Waals surface area contributed by atoms with Gasteiger partial charge in [0.2, 0.25) is 0 Å². The molecule has 0 aliphatic carbocycles. The van der Waals surface area contributed by atoms with Crippen LogP contribution in [0.5, 0.6) is 0 Å². The summed E-state index contributed by atoms with van der Waals surface area (Å²) in [5.41, 5.74) is 2.76. The van der Waals surface area contributed by atoms with Crippen molar-refractivity contribution in [2.45, 2.75) is 113 Å². The number of allylic oxidation sites excluding steroid dienone is 2. The zero-order valence-electron chi connectivity index (χ0n) is 28.4. The van der Waals surface area contributed by atoms with Crippen LogP contribution in [0.3, 0.4) is 0 Å². The van der Waals surface area contributed by atoms with E-state index in [-0.39, 0.29) is 10.1 Å². The van der Waals surface area contributed by atoms with Gasteiger partial charge in [0, 0.05) is 35.2 Å². The van der Waals surface area contributed by atoms with Crippen LogP contribution in [0, 0.1) is 0 Å². The van der Waals surface area contributed by atoms with Crippen LogP contribution < -0.4 is 0 Å². The summed E-state index contributed by atoms with van der Waals surface area (Å²) in [5, 5.41) is 1.54. The van der Waals surface area contributed by atoms with Crippen molar-refractivity contribution in [3.63, 3.8) is 0 Å². The zero-order valence-corrected chi connectivity index (χ0v) is 32.0. The fraction of sp³-hybridized carbons (Fsp3) is 0.556. The van der Waals surface area contributed by atoms with Crippen molar-refractivity contribution in [1.29, 1.82) is 0 Å². The third kappa shape index (κ3) is 15.1. The van der Waals surface area contributed by atoms with Crippen LogP contribution in [0.1, 0.15) is 65.5 Å². The van der Waals surface area contributed by atoms with E-state index in [1.807, 2.05) is 35.7 Å². The lowest BCUT2D eigenvalue weighted by Crippen LogP contribution is -2.42. The molecule has 6 heteroatoms. The first-order valence-electron chi connectivity index (χ1n) is 15.3. The molecule has 0 N–H and O–H groups in total. The predicted molar refractivity (Wildman–Crippen MR) is 199 cm³/mol. The van der Waals surface area contributed by atoms with Crippen molar-refractivity contribution in [3.05, 3.63) is 97.1 Å². The first kappa shape index (κ1) is 39.0. The maximum absolute atomic E-state index is 6.37. The molecule has 2 nitrogen and oxygen atoms in total. The minimum absolute atomic E-state index is 0.274. The molecule has 0 bridgehead atoms. The van der Waals surface area contributed by atoms with Crippen molar-refractivity contribution in [2.24, 2.45) is 0 Å². The first-order chi connectivity index (χ1) is 19.5. The van der Waals surface area contributed by atoms with E-state index in [0.717, 1.165) is 37.6 Å². The summed E-state index contributed by atoms with van der Waals surface area (Å²) in [7, 11) is -3.31. The number of hydrogen-bond acceptors (Lipinski definition) is 4. The van der Waals surface area contributed by atoms with Crippen molar-refractivity contribution in [1.82, 2.24) is 0 Å². The molecule has 0 amide bonds. The molecule has 2 aromatic carbocycles. The lowest BCUT2D eigenvalue weighted by molar-refractivity contribution is 0.288. The van der Waals surface area contributed by atoms with Gasteiger partial charge in [-0.25, -0.2) is 0 Å². The van der Waals surface area contributed by atoms with Crippen molar-refractivity contribution < 1.29 is 8.85 Å². The van der Waals surface area contributed by atoms with E-state index in [1.165, 1.54) is 11.1 Å². The van der Waals surface area contributed by atoms with Crippen molar-refractivity contribution in [3.8, 4) is 0 Å². The Kier molecular flexibility index (Phi) is 17.4. The first-order valence-corrected chi connectivity index (χ1v) is 23.2. The summed E-state index contributed by atoms with van der Waals surface area (Å²) in [4.78, 5) is 0. The van der Waals surface area contributed by atoms with Crippen molar-refractivity contribution >= 4 is 40.2 Å². The van der Waals surface area contributed by atoms with Gasteiger partial charge < -0.3 is 8.85 Å². The molecule has 0 unspecified atom stereocenters. The number of benzene rings is 2. The number of hydrogen-bond donors (Lipinski definition) is 0. The smallest absolute Gasteiger partial charge is 0.192 e. The highest BCUT2D eigenvalue weighted by Gasteiger charge is 2.38. The van der Waals surface area contributed by atoms with E-state index in [1.54, 1.807) is 0 Å². The Morgan fingerprint density at radius 2 is 0.929 bits per heavy atom. The molecule has 0 spiro atoms. The van der Waals surface area contributed by atoms with Crippen molar-refractivity contribution in [2.75, 3.05) is 13.2 Å². The van der Waals surface area contributed by atoms with Crippen LogP contribution in [-0.2, 0) is 20.4 Å². The summed E-state index contributed by atoms with van der Waals surface area (Å²) < 4.78 is 12.7. The van der Waals surface area contributed by atoms with Crippen LogP contribution in [0.2, 0.25) is 36.3 Å². The largest absolute Gasteiger partial charge is 0.416 e. The van der Waals surface area contributed by atoms with Crippen LogP contribution in [-0.4, -0.2) is 40.3 Å². The maximum Gasteiger partial charge on any atom is 0.192 e. The molecular weight excluding hydrogens is 585 g/mol. The van der Waals surface area contributed by atoms with Gasteiger partial charge >= 0.3 is 0 Å². The van der Waals surface area contributed by atoms with E-state index in [2.05, 4.69) is 142 Å². The molecule has 42 heavy (non-hydrogen) atoms. The molecule has 0 aromatic heterocycles. The summed E-state index contributed by atoms with van der Waals surface area (Å²) >= 11 is 3.95. The van der Waals surface area contributed by atoms with Gasteiger partial charge in [-0.05, 0) is 60.2 Å². The van der Waals surface area contributed by atoms with Crippen LogP contribution in [0.25, 0.3) is 0 Å². The maximum atomic E-state index is 6.37. The molecule has 0 saturated carbocycles. The van der Waals surface area contributed by atoms with E-state index in [9.17, 15) is 0 Å². The molecule has 0 aliphatic heterocycles. The highest BCUT2D eigenvalue weighted by Crippen LogP contribution is 2.38. The van der Waals surface area contributed by atoms with Gasteiger partial charge in [0.05, 0.1) is 0 Å². The lowest BCUT2D eigenvalue weighted by Gasteiger charge is -2.37. The van der Waals surface area contributed by atoms with Gasteiger partial charge in [-0.2, -0.15) is 23.5 Å². The Bertz CT molecular complexity index is 929. The van der Waals surface area contributed by atoms with E-state index >= 15 is 0 Å². The molecule has 0 fully saturated rings. The summed E-state index contributed by atoms with van der Waals surface area (Å²) in [5.74, 6) is 2.08. The second-order valence-corrected chi connectivity index (χ2v) is 26.2. The highest BCUT2D eigenvalue weighted by atomic mass is 32.2. The zero-order chi connectivity index (χ0) is 31.9. The predicted octanol–water partition coefficient (Wildman–Crippen LogP) is 11.8. The average molecular weight is 645 g/mol. The molecule has 0 saturated heterocycles. The van der Waals surface area contributed by atoms with Gasteiger partial charge in [-0.1, -0.05) is 114 Å². The highest BCUT2D eigenvalue weighted by molar-refractivity contribution is 7.99. The van der Waals surface area contributed by atoms with Gasteiger partial charge in [-0.3, -0.25) is 0 Å². The monoisotopic (exact) mass is 644 g/mol. The molecule has 2 aromatic rings. The third-order valence-electron chi connectivity index (χ3n) is 8.39. The molecule has 0 aliphatic rings. The van der Waals surface area contributed by atoms with Gasteiger partial charge in [0.15, 0.2) is 16.6 Å². The fourth-order valence-corrected chi connectivity index (χ4v) is 7.81. The Morgan fingerprint density at radius 3 is 1.19 bits per heavy atom. The van der Waals surface area contributed by atoms with Gasteiger partial charge in [-0.15, -0.1) is 13.2 Å². The second-order valence-electron chi connectivity index (χ2n) is 14.0. The van der Waals surface area contributed by atoms with Crippen LogP contribution in [0.4, 0.5) is 0 Å². The van der Waals surface area contributed by atoms with Crippen LogP contribution >= 0.6 is 23.5 Å². The minimum atomic E-state index is -1.65. The van der Waals surface area contributed by atoms with E-state index in [0.29, 0.717) is 10.5 Å². The topological polar surface area (TPSA) is 18.5 Å². The fourth-order valence-electron chi connectivity index (χ4n) is 3.35. The normalized spacial score (nSPS) is 14.0. The van der Waals surface area contributed by atoms with Gasteiger partial charge in [0.25, 0.3) is 0 Å².